The molecule has 3 rings (SSSR count). The summed E-state index contributed by atoms with van der Waals surface area (Å²) in [6, 6.07) is 13.7. The van der Waals surface area contributed by atoms with E-state index in [1.165, 1.54) is 41.8 Å². The lowest BCUT2D eigenvalue weighted by Crippen LogP contribution is -2.35. The van der Waals surface area contributed by atoms with Crippen LogP contribution in [0.25, 0.3) is 10.4 Å². The average Bonchev–Trinajstić information content (AvgIpc) is 3.02. The van der Waals surface area contributed by atoms with Crippen LogP contribution in [-0.4, -0.2) is 6.04 Å². The van der Waals surface area contributed by atoms with Gasteiger partial charge in [-0.05, 0) is 42.2 Å². The Bertz CT molecular complexity index is 559. The maximum Gasteiger partial charge on any atom is 0.0430 e. The highest BCUT2D eigenvalue weighted by Crippen LogP contribution is 2.36. The summed E-state index contributed by atoms with van der Waals surface area (Å²) in [5.74, 6) is 1.56. The molecule has 1 aliphatic rings. The lowest BCUT2D eigenvalue weighted by Gasteiger charge is -2.36. The molecule has 1 fully saturated rings. The first kappa shape index (κ1) is 14.6. The zero-order chi connectivity index (χ0) is 14.7. The van der Waals surface area contributed by atoms with E-state index in [1.54, 1.807) is 0 Å². The quantitative estimate of drug-likeness (QED) is 0.725. The molecule has 1 heterocycles. The molecular weight excluding hydrogens is 274 g/mol. The van der Waals surface area contributed by atoms with Crippen molar-refractivity contribution in [2.24, 2.45) is 11.8 Å². The molecular formula is C19H25NS. The second-order valence-electron chi connectivity index (χ2n) is 6.47. The van der Waals surface area contributed by atoms with Crippen LogP contribution in [0.15, 0.2) is 41.8 Å². The molecule has 21 heavy (non-hydrogen) atoms. The molecule has 1 saturated carbocycles. The van der Waals surface area contributed by atoms with E-state index in [1.807, 2.05) is 11.3 Å². The van der Waals surface area contributed by atoms with Crippen LogP contribution in [0.1, 0.15) is 39.5 Å². The Kier molecular flexibility index (Phi) is 4.64. The Labute approximate surface area is 132 Å². The normalized spacial score (nSPS) is 22.4. The van der Waals surface area contributed by atoms with Gasteiger partial charge in [0.05, 0.1) is 0 Å². The number of hydrogen-bond acceptors (Lipinski definition) is 2. The van der Waals surface area contributed by atoms with Gasteiger partial charge in [-0.3, -0.25) is 0 Å². The van der Waals surface area contributed by atoms with E-state index in [0.29, 0.717) is 6.04 Å². The van der Waals surface area contributed by atoms with Crippen molar-refractivity contribution < 1.29 is 0 Å². The second-order valence-corrected chi connectivity index (χ2v) is 7.41. The fourth-order valence-corrected chi connectivity index (χ4v) is 4.36. The molecule has 0 bridgehead atoms. The minimum atomic E-state index is 0.625. The van der Waals surface area contributed by atoms with Crippen LogP contribution in [-0.2, 0) is 0 Å². The standard InChI is InChI=1S/C19H25NS/c1-14(2)15-8-3-5-10-17(15)20-18-11-6-4-9-16(18)19-12-7-13-21-19/h4,6-7,9,11-15,17,20H,3,5,8,10H2,1-2H3. The summed E-state index contributed by atoms with van der Waals surface area (Å²) in [6.45, 7) is 4.74. The fourth-order valence-electron chi connectivity index (χ4n) is 3.59. The Morgan fingerprint density at radius 1 is 1.05 bits per heavy atom. The van der Waals surface area contributed by atoms with Gasteiger partial charge in [-0.2, -0.15) is 0 Å². The maximum atomic E-state index is 3.88. The van der Waals surface area contributed by atoms with E-state index in [2.05, 4.69) is 60.9 Å². The van der Waals surface area contributed by atoms with Crippen LogP contribution in [0.3, 0.4) is 0 Å². The minimum absolute atomic E-state index is 0.625. The topological polar surface area (TPSA) is 12.0 Å². The third-order valence-corrected chi connectivity index (χ3v) is 5.63. The average molecular weight is 299 g/mol. The molecule has 2 aromatic rings. The number of hydrogen-bond donors (Lipinski definition) is 1. The highest BCUT2D eigenvalue weighted by atomic mass is 32.1. The first-order chi connectivity index (χ1) is 10.3. The van der Waals surface area contributed by atoms with E-state index in [4.69, 9.17) is 0 Å². The third-order valence-electron chi connectivity index (χ3n) is 4.73. The number of benzene rings is 1. The summed E-state index contributed by atoms with van der Waals surface area (Å²) in [6.07, 6.45) is 5.44. The number of anilines is 1. The lowest BCUT2D eigenvalue weighted by atomic mass is 9.77. The Hall–Kier alpha value is -1.28. The maximum absolute atomic E-state index is 3.88. The van der Waals surface area contributed by atoms with Crippen LogP contribution < -0.4 is 5.32 Å². The second kappa shape index (κ2) is 6.65. The predicted molar refractivity (Wildman–Crippen MR) is 94.0 cm³/mol. The molecule has 1 aliphatic carbocycles. The number of para-hydroxylation sites is 1. The van der Waals surface area contributed by atoms with Gasteiger partial charge in [0.2, 0.25) is 0 Å². The van der Waals surface area contributed by atoms with Gasteiger partial charge in [0.25, 0.3) is 0 Å². The van der Waals surface area contributed by atoms with Gasteiger partial charge in [-0.25, -0.2) is 0 Å². The SMILES string of the molecule is CC(C)C1CCCCC1Nc1ccccc1-c1cccs1. The molecule has 0 radical (unpaired) electrons. The zero-order valence-electron chi connectivity index (χ0n) is 13.0. The monoisotopic (exact) mass is 299 g/mol. The molecule has 2 unspecified atom stereocenters. The summed E-state index contributed by atoms with van der Waals surface area (Å²) in [5, 5.41) is 6.03. The summed E-state index contributed by atoms with van der Waals surface area (Å²) in [5.41, 5.74) is 2.65. The van der Waals surface area contributed by atoms with Crippen LogP contribution in [0, 0.1) is 11.8 Å². The van der Waals surface area contributed by atoms with Gasteiger partial charge in [-0.15, -0.1) is 11.3 Å². The zero-order valence-corrected chi connectivity index (χ0v) is 13.8. The molecule has 1 N–H and O–H groups in total. The molecule has 1 aromatic heterocycles. The first-order valence-electron chi connectivity index (χ1n) is 8.15. The molecule has 0 amide bonds. The smallest absolute Gasteiger partial charge is 0.0430 e. The van der Waals surface area contributed by atoms with Crippen LogP contribution in [0.2, 0.25) is 0 Å². The molecule has 0 saturated heterocycles. The summed E-state index contributed by atoms with van der Waals surface area (Å²) in [7, 11) is 0. The first-order valence-corrected chi connectivity index (χ1v) is 9.03. The largest absolute Gasteiger partial charge is 0.381 e. The number of thiophene rings is 1. The predicted octanol–water partition coefficient (Wildman–Crippen LogP) is 6.04. The van der Waals surface area contributed by atoms with Crippen molar-refractivity contribution in [1.29, 1.82) is 0 Å². The highest BCUT2D eigenvalue weighted by Gasteiger charge is 2.27. The third kappa shape index (κ3) is 3.32. The van der Waals surface area contributed by atoms with Crippen molar-refractivity contribution in [3.05, 3.63) is 41.8 Å². The van der Waals surface area contributed by atoms with E-state index < -0.39 is 0 Å². The van der Waals surface area contributed by atoms with Gasteiger partial charge < -0.3 is 5.32 Å². The van der Waals surface area contributed by atoms with Gasteiger partial charge in [-0.1, -0.05) is 51.0 Å². The van der Waals surface area contributed by atoms with E-state index in [-0.39, 0.29) is 0 Å². The summed E-state index contributed by atoms with van der Waals surface area (Å²) in [4.78, 5) is 1.36. The number of rotatable bonds is 4. The van der Waals surface area contributed by atoms with Crippen molar-refractivity contribution in [1.82, 2.24) is 0 Å². The van der Waals surface area contributed by atoms with E-state index in [9.17, 15) is 0 Å². The summed E-state index contributed by atoms with van der Waals surface area (Å²) < 4.78 is 0. The van der Waals surface area contributed by atoms with Crippen LogP contribution >= 0.6 is 11.3 Å². The number of nitrogens with one attached hydrogen (secondary N) is 1. The van der Waals surface area contributed by atoms with Gasteiger partial charge >= 0.3 is 0 Å². The van der Waals surface area contributed by atoms with Gasteiger partial charge in [0.1, 0.15) is 0 Å². The minimum Gasteiger partial charge on any atom is -0.381 e. The summed E-state index contributed by atoms with van der Waals surface area (Å²) >= 11 is 1.82. The molecule has 1 nitrogen and oxygen atoms in total. The van der Waals surface area contributed by atoms with Crippen LogP contribution in [0.5, 0.6) is 0 Å². The molecule has 2 heteroatoms. The van der Waals surface area contributed by atoms with Crippen molar-refractivity contribution in [2.75, 3.05) is 5.32 Å². The lowest BCUT2D eigenvalue weighted by molar-refractivity contribution is 0.254. The van der Waals surface area contributed by atoms with Crippen molar-refractivity contribution in [3.8, 4) is 10.4 Å². The van der Waals surface area contributed by atoms with E-state index >= 15 is 0 Å². The molecule has 0 aliphatic heterocycles. The Morgan fingerprint density at radius 3 is 2.62 bits per heavy atom. The molecule has 0 spiro atoms. The van der Waals surface area contributed by atoms with E-state index in [0.717, 1.165) is 11.8 Å². The fraction of sp³-hybridized carbons (Fsp3) is 0.474. The van der Waals surface area contributed by atoms with Gasteiger partial charge in [0.15, 0.2) is 0 Å². The molecule has 112 valence electrons. The molecule has 2 atom stereocenters. The van der Waals surface area contributed by atoms with Crippen molar-refractivity contribution in [2.45, 2.75) is 45.6 Å². The molecule has 1 aromatic carbocycles. The van der Waals surface area contributed by atoms with Crippen LogP contribution in [0.4, 0.5) is 5.69 Å². The van der Waals surface area contributed by atoms with Crippen molar-refractivity contribution in [3.63, 3.8) is 0 Å². The Morgan fingerprint density at radius 2 is 1.86 bits per heavy atom. The Balaban J connectivity index is 1.84. The van der Waals surface area contributed by atoms with Gasteiger partial charge in [0, 0.05) is 22.2 Å². The highest BCUT2D eigenvalue weighted by molar-refractivity contribution is 7.13. The van der Waals surface area contributed by atoms with Crippen molar-refractivity contribution >= 4 is 17.0 Å².